The number of allylic oxidation sites excluding steroid dienone is 2. The van der Waals surface area contributed by atoms with Gasteiger partial charge in [0.2, 0.25) is 5.91 Å². The fourth-order valence-electron chi connectivity index (χ4n) is 3.85. The molecule has 0 unspecified atom stereocenters. The second-order valence-electron chi connectivity index (χ2n) is 7.10. The molecule has 28 heavy (non-hydrogen) atoms. The third-order valence-corrected chi connectivity index (χ3v) is 6.79. The Morgan fingerprint density at radius 1 is 1.25 bits per heavy atom. The van der Waals surface area contributed by atoms with Crippen molar-refractivity contribution in [3.05, 3.63) is 27.1 Å². The van der Waals surface area contributed by atoms with E-state index in [1.54, 1.807) is 13.0 Å². The van der Waals surface area contributed by atoms with Gasteiger partial charge in [0, 0.05) is 21.8 Å². The maximum atomic E-state index is 12.9. The average molecular weight is 425 g/mol. The zero-order valence-electron chi connectivity index (χ0n) is 15.7. The quantitative estimate of drug-likeness (QED) is 0.579. The number of carbonyl (C=O) groups is 3. The topological polar surface area (TPSA) is 95.5 Å². The lowest BCUT2D eigenvalue weighted by atomic mass is 9.82. The van der Waals surface area contributed by atoms with E-state index >= 15 is 0 Å². The first kappa shape index (κ1) is 20.9. The van der Waals surface area contributed by atoms with Crippen LogP contribution in [-0.4, -0.2) is 24.5 Å². The van der Waals surface area contributed by atoms with E-state index in [2.05, 4.69) is 5.32 Å². The summed E-state index contributed by atoms with van der Waals surface area (Å²) in [7, 11) is 0. The van der Waals surface area contributed by atoms with Crippen LogP contribution in [0.5, 0.6) is 0 Å². The highest BCUT2D eigenvalue weighted by Gasteiger charge is 2.34. The number of aryl methyl sites for hydroxylation is 1. The van der Waals surface area contributed by atoms with Crippen LogP contribution in [0, 0.1) is 11.8 Å². The van der Waals surface area contributed by atoms with Gasteiger partial charge < -0.3 is 20.0 Å². The lowest BCUT2D eigenvalue weighted by Crippen LogP contribution is -2.42. The molecule has 0 saturated carbocycles. The molecule has 0 spiro atoms. The summed E-state index contributed by atoms with van der Waals surface area (Å²) < 4.78 is 5.22. The van der Waals surface area contributed by atoms with Crippen LogP contribution < -0.4 is 10.4 Å². The molecule has 1 amide bonds. The molecule has 0 radical (unpaired) electrons. The number of ether oxygens (including phenoxy) is 1. The Kier molecular flexibility index (Phi) is 6.78. The number of esters is 1. The van der Waals surface area contributed by atoms with Crippen molar-refractivity contribution in [3.8, 4) is 0 Å². The van der Waals surface area contributed by atoms with E-state index in [1.165, 1.54) is 11.3 Å². The van der Waals surface area contributed by atoms with Crippen LogP contribution in [-0.2, 0) is 27.2 Å². The van der Waals surface area contributed by atoms with Gasteiger partial charge in [-0.15, -0.1) is 11.3 Å². The summed E-state index contributed by atoms with van der Waals surface area (Å²) in [6.07, 6.45) is 6.68. The first-order valence-electron chi connectivity index (χ1n) is 9.60. The number of amides is 1. The van der Waals surface area contributed by atoms with E-state index in [-0.39, 0.29) is 19.4 Å². The minimum Gasteiger partial charge on any atom is -0.550 e. The van der Waals surface area contributed by atoms with Crippen molar-refractivity contribution in [2.24, 2.45) is 11.8 Å². The summed E-state index contributed by atoms with van der Waals surface area (Å²) in [5.74, 6) is -3.95. The molecule has 0 aliphatic heterocycles. The number of anilines is 1. The summed E-state index contributed by atoms with van der Waals surface area (Å²) in [6.45, 7) is 1.98. The summed E-state index contributed by atoms with van der Waals surface area (Å²) >= 11 is 7.44. The van der Waals surface area contributed by atoms with Crippen LogP contribution in [0.1, 0.15) is 59.8 Å². The number of hydrogen-bond acceptors (Lipinski definition) is 6. The van der Waals surface area contributed by atoms with Crippen molar-refractivity contribution in [2.45, 2.75) is 51.9 Å². The maximum absolute atomic E-state index is 12.9. The molecular formula is C20H23ClNO5S-. The number of nitrogens with one attached hydrogen (secondary N) is 1. The van der Waals surface area contributed by atoms with Crippen molar-refractivity contribution < 1.29 is 24.2 Å². The van der Waals surface area contributed by atoms with E-state index in [1.807, 2.05) is 0 Å². The van der Waals surface area contributed by atoms with Crippen molar-refractivity contribution in [3.63, 3.8) is 0 Å². The van der Waals surface area contributed by atoms with Crippen LogP contribution in [0.4, 0.5) is 5.00 Å². The van der Waals surface area contributed by atoms with Crippen LogP contribution in [0.25, 0.3) is 0 Å². The molecule has 152 valence electrons. The van der Waals surface area contributed by atoms with Gasteiger partial charge >= 0.3 is 5.97 Å². The molecule has 1 heterocycles. The highest BCUT2D eigenvalue weighted by atomic mass is 35.5. The molecule has 8 heteroatoms. The third-order valence-electron chi connectivity index (χ3n) is 5.27. The van der Waals surface area contributed by atoms with Crippen molar-refractivity contribution in [1.29, 1.82) is 0 Å². The molecule has 3 rings (SSSR count). The standard InChI is InChI=1S/C20H24ClNO5S/c1-2-27-20(26)16-13-6-4-3-5-7-15(13)28-18(16)22-17(23)14-10-11(21)8-9-12(14)19(24)25/h8,12,14H,2-7,9-10H2,1H3,(H,22,23)(H,24,25)/p-1/t12-,14+/m1/s1. The lowest BCUT2D eigenvalue weighted by Gasteiger charge is -2.29. The van der Waals surface area contributed by atoms with Crippen molar-refractivity contribution in [1.82, 2.24) is 0 Å². The molecule has 0 bridgehead atoms. The van der Waals surface area contributed by atoms with Gasteiger partial charge in [-0.25, -0.2) is 4.79 Å². The summed E-state index contributed by atoms with van der Waals surface area (Å²) in [5.41, 5.74) is 1.37. The number of fused-ring (bicyclic) bond motifs is 1. The van der Waals surface area contributed by atoms with Crippen molar-refractivity contribution in [2.75, 3.05) is 11.9 Å². The van der Waals surface area contributed by atoms with Crippen LogP contribution in [0.2, 0.25) is 0 Å². The second-order valence-corrected chi connectivity index (χ2v) is 8.69. The fourth-order valence-corrected chi connectivity index (χ4v) is 5.38. The molecule has 1 N–H and O–H groups in total. The monoisotopic (exact) mass is 424 g/mol. The van der Waals surface area contributed by atoms with Gasteiger partial charge in [-0.2, -0.15) is 0 Å². The zero-order valence-corrected chi connectivity index (χ0v) is 17.3. The van der Waals surface area contributed by atoms with Gasteiger partial charge in [-0.1, -0.05) is 24.1 Å². The van der Waals surface area contributed by atoms with Gasteiger partial charge in [0.25, 0.3) is 0 Å². The number of rotatable bonds is 5. The minimum absolute atomic E-state index is 0.145. The highest BCUT2D eigenvalue weighted by Crippen LogP contribution is 2.39. The molecule has 2 atom stereocenters. The Labute approximate surface area is 172 Å². The summed E-state index contributed by atoms with van der Waals surface area (Å²) in [5, 5.41) is 15.2. The Hall–Kier alpha value is -1.86. The Balaban J connectivity index is 1.90. The zero-order chi connectivity index (χ0) is 20.3. The number of hydrogen-bond donors (Lipinski definition) is 1. The molecule has 2 aliphatic rings. The van der Waals surface area contributed by atoms with E-state index in [0.29, 0.717) is 15.6 Å². The van der Waals surface area contributed by atoms with Gasteiger partial charge in [0.1, 0.15) is 5.00 Å². The number of carbonyl (C=O) groups excluding carboxylic acids is 3. The first-order chi connectivity index (χ1) is 13.4. The van der Waals surface area contributed by atoms with E-state index < -0.39 is 29.7 Å². The Bertz CT molecular complexity index is 816. The number of thiophene rings is 1. The highest BCUT2D eigenvalue weighted by molar-refractivity contribution is 7.17. The molecule has 0 aromatic carbocycles. The van der Waals surface area contributed by atoms with E-state index in [0.717, 1.165) is 42.5 Å². The van der Waals surface area contributed by atoms with Crippen LogP contribution in [0.3, 0.4) is 0 Å². The van der Waals surface area contributed by atoms with E-state index in [4.69, 9.17) is 16.3 Å². The maximum Gasteiger partial charge on any atom is 0.341 e. The second kappa shape index (κ2) is 9.09. The van der Waals surface area contributed by atoms with Gasteiger partial charge in [0.05, 0.1) is 18.1 Å². The summed E-state index contributed by atoms with van der Waals surface area (Å²) in [4.78, 5) is 38.0. The molecule has 1 aromatic heterocycles. The fraction of sp³-hybridized carbons (Fsp3) is 0.550. The van der Waals surface area contributed by atoms with Crippen molar-refractivity contribution >= 4 is 45.8 Å². The minimum atomic E-state index is -1.27. The van der Waals surface area contributed by atoms with Crippen LogP contribution in [0.15, 0.2) is 11.1 Å². The molecule has 2 aliphatic carbocycles. The molecule has 0 fully saturated rings. The SMILES string of the molecule is CCOC(=O)c1c(NC(=O)[C@H]2CC(Cl)=CC[C@H]2C(=O)[O-])sc2c1CCCCC2. The molecular weight excluding hydrogens is 402 g/mol. The molecule has 1 aromatic rings. The summed E-state index contributed by atoms with van der Waals surface area (Å²) in [6, 6.07) is 0. The average Bonchev–Trinajstić information content (AvgIpc) is 2.82. The number of carboxylic acid groups (broad SMARTS) is 1. The normalized spacial score (nSPS) is 21.9. The third kappa shape index (κ3) is 4.41. The first-order valence-corrected chi connectivity index (χ1v) is 10.8. The largest absolute Gasteiger partial charge is 0.550 e. The number of halogens is 1. The molecule has 6 nitrogen and oxygen atoms in total. The predicted molar refractivity (Wildman–Crippen MR) is 105 cm³/mol. The van der Waals surface area contributed by atoms with Gasteiger partial charge in [0.15, 0.2) is 0 Å². The van der Waals surface area contributed by atoms with E-state index in [9.17, 15) is 19.5 Å². The van der Waals surface area contributed by atoms with Crippen LogP contribution >= 0.6 is 22.9 Å². The lowest BCUT2D eigenvalue weighted by molar-refractivity contribution is -0.313. The predicted octanol–water partition coefficient (Wildman–Crippen LogP) is 3.03. The number of aliphatic carboxylic acids is 1. The Morgan fingerprint density at radius 2 is 2.00 bits per heavy atom. The molecule has 0 saturated heterocycles. The smallest absolute Gasteiger partial charge is 0.341 e. The Morgan fingerprint density at radius 3 is 2.71 bits per heavy atom. The van der Waals surface area contributed by atoms with Gasteiger partial charge in [-0.3, -0.25) is 4.79 Å². The number of carboxylic acids is 1. The van der Waals surface area contributed by atoms with Gasteiger partial charge in [-0.05, 0) is 51.0 Å².